The Labute approximate surface area is 190 Å². The highest BCUT2D eigenvalue weighted by molar-refractivity contribution is 6.09. The molecule has 1 unspecified atom stereocenters. The van der Waals surface area contributed by atoms with Crippen molar-refractivity contribution in [2.75, 3.05) is 6.54 Å². The normalized spacial score (nSPS) is 12.8. The number of benzene rings is 1. The van der Waals surface area contributed by atoms with Crippen LogP contribution in [-0.2, 0) is 24.2 Å². The third-order valence-corrected chi connectivity index (χ3v) is 5.26. The molecule has 0 saturated carbocycles. The Morgan fingerprint density at radius 1 is 1.19 bits per heavy atom. The Morgan fingerprint density at radius 3 is 2.50 bits per heavy atom. The molecule has 0 aliphatic rings. The van der Waals surface area contributed by atoms with Crippen molar-refractivity contribution >= 4 is 17.7 Å². The van der Waals surface area contributed by atoms with Crippen LogP contribution in [0.5, 0.6) is 0 Å². The van der Waals surface area contributed by atoms with Crippen molar-refractivity contribution in [1.29, 1.82) is 0 Å². The molecule has 0 aliphatic heterocycles. The number of nitrogens with one attached hydrogen (secondary N) is 1. The van der Waals surface area contributed by atoms with Gasteiger partial charge in [-0.05, 0) is 61.1 Å². The first-order valence-corrected chi connectivity index (χ1v) is 11.0. The minimum Gasteiger partial charge on any atom is -0.481 e. The highest BCUT2D eigenvalue weighted by atomic mass is 16.4. The van der Waals surface area contributed by atoms with Crippen molar-refractivity contribution in [1.82, 2.24) is 10.3 Å². The van der Waals surface area contributed by atoms with E-state index >= 15 is 0 Å². The summed E-state index contributed by atoms with van der Waals surface area (Å²) >= 11 is 0. The van der Waals surface area contributed by atoms with Gasteiger partial charge in [-0.15, -0.1) is 0 Å². The van der Waals surface area contributed by atoms with E-state index in [0.717, 1.165) is 23.4 Å². The molecule has 0 bridgehead atoms. The van der Waals surface area contributed by atoms with Gasteiger partial charge in [-0.2, -0.15) is 4.99 Å². The molecule has 2 rings (SSSR count). The molecule has 0 saturated heterocycles. The summed E-state index contributed by atoms with van der Waals surface area (Å²) in [6.07, 6.45) is 1.59. The van der Waals surface area contributed by atoms with Gasteiger partial charge < -0.3 is 16.2 Å². The van der Waals surface area contributed by atoms with E-state index in [1.807, 2.05) is 38.1 Å². The molecule has 1 heterocycles. The van der Waals surface area contributed by atoms with Gasteiger partial charge in [0.05, 0.1) is 17.3 Å². The van der Waals surface area contributed by atoms with Gasteiger partial charge in [0.1, 0.15) is 5.84 Å². The van der Waals surface area contributed by atoms with Gasteiger partial charge in [0.2, 0.25) is 0 Å². The van der Waals surface area contributed by atoms with Crippen LogP contribution in [0.3, 0.4) is 0 Å². The third kappa shape index (κ3) is 6.99. The zero-order valence-electron chi connectivity index (χ0n) is 19.6. The quantitative estimate of drug-likeness (QED) is 0.386. The lowest BCUT2D eigenvalue weighted by molar-refractivity contribution is -0.140. The van der Waals surface area contributed by atoms with Gasteiger partial charge in [-0.1, -0.05) is 33.8 Å². The highest BCUT2D eigenvalue weighted by Crippen LogP contribution is 2.17. The monoisotopic (exact) mass is 438 g/mol. The molecule has 7 heteroatoms. The second-order valence-electron chi connectivity index (χ2n) is 8.56. The first kappa shape index (κ1) is 25.2. The lowest BCUT2D eigenvalue weighted by Crippen LogP contribution is -2.26. The number of nitrogens with two attached hydrogens (primary N) is 1. The molecule has 1 aromatic carbocycles. The Morgan fingerprint density at radius 2 is 1.91 bits per heavy atom. The number of carboxylic acid groups (broad SMARTS) is 1. The van der Waals surface area contributed by atoms with Crippen LogP contribution in [0.1, 0.15) is 66.1 Å². The first-order chi connectivity index (χ1) is 15.1. The van der Waals surface area contributed by atoms with Crippen LogP contribution >= 0.6 is 0 Å². The standard InChI is InChI=1S/C25H34N4O3/c1-6-22-21(10-9-20(28-22)14-27-13-17(5)25(31)32)23(26)29-24(30)19-8-7-18(11-15(2)3)16(4)12-19/h7-10,12,15,17,27H,6,11,13-14H2,1-5H3,(H,31,32)(H2,26,29,30). The molecule has 7 nitrogen and oxygen atoms in total. The average molecular weight is 439 g/mol. The van der Waals surface area contributed by atoms with E-state index in [2.05, 4.69) is 29.1 Å². The van der Waals surface area contributed by atoms with Crippen molar-refractivity contribution in [3.63, 3.8) is 0 Å². The number of pyridine rings is 1. The molecule has 2 aromatic rings. The van der Waals surface area contributed by atoms with Gasteiger partial charge in [0.15, 0.2) is 0 Å². The molecule has 1 atom stereocenters. The van der Waals surface area contributed by atoms with Gasteiger partial charge >= 0.3 is 5.97 Å². The largest absolute Gasteiger partial charge is 0.481 e. The zero-order chi connectivity index (χ0) is 23.8. The third-order valence-electron chi connectivity index (χ3n) is 5.26. The number of hydrogen-bond acceptors (Lipinski definition) is 4. The number of carbonyl (C=O) groups is 2. The minimum absolute atomic E-state index is 0.141. The molecule has 0 aliphatic carbocycles. The number of aromatic nitrogens is 1. The molecule has 0 fully saturated rings. The predicted octanol–water partition coefficient (Wildman–Crippen LogP) is 3.51. The summed E-state index contributed by atoms with van der Waals surface area (Å²) in [5.41, 5.74) is 11.1. The van der Waals surface area contributed by atoms with E-state index < -0.39 is 11.9 Å². The minimum atomic E-state index is -0.839. The van der Waals surface area contributed by atoms with Crippen molar-refractivity contribution in [3.05, 3.63) is 64.0 Å². The number of hydrogen-bond donors (Lipinski definition) is 3. The van der Waals surface area contributed by atoms with Crippen molar-refractivity contribution in [3.8, 4) is 0 Å². The maximum absolute atomic E-state index is 12.7. The number of aliphatic imine (C=N–C) groups is 1. The molecular formula is C25H34N4O3. The summed E-state index contributed by atoms with van der Waals surface area (Å²) in [5.74, 6) is -1.01. The summed E-state index contributed by atoms with van der Waals surface area (Å²) in [5, 5.41) is 12.1. The number of nitrogens with zero attached hydrogens (tertiary/aromatic N) is 2. The van der Waals surface area contributed by atoms with Crippen LogP contribution in [0.25, 0.3) is 0 Å². The van der Waals surface area contributed by atoms with E-state index in [1.165, 1.54) is 5.56 Å². The first-order valence-electron chi connectivity index (χ1n) is 11.0. The topological polar surface area (TPSA) is 118 Å². The lowest BCUT2D eigenvalue weighted by atomic mass is 9.97. The Balaban J connectivity index is 2.15. The second-order valence-corrected chi connectivity index (χ2v) is 8.56. The van der Waals surface area contributed by atoms with Crippen LogP contribution in [-0.4, -0.2) is 34.3 Å². The maximum atomic E-state index is 12.7. The highest BCUT2D eigenvalue weighted by Gasteiger charge is 2.14. The van der Waals surface area contributed by atoms with Crippen LogP contribution in [0.4, 0.5) is 0 Å². The number of carbonyl (C=O) groups excluding carboxylic acids is 1. The smallest absolute Gasteiger partial charge is 0.307 e. The Hall–Kier alpha value is -3.06. The van der Waals surface area contributed by atoms with Crippen LogP contribution in [0.2, 0.25) is 0 Å². The van der Waals surface area contributed by atoms with E-state index in [0.29, 0.717) is 36.6 Å². The summed E-state index contributed by atoms with van der Waals surface area (Å²) in [6.45, 7) is 10.8. The van der Waals surface area contributed by atoms with E-state index in [9.17, 15) is 9.59 Å². The molecular weight excluding hydrogens is 404 g/mol. The van der Waals surface area contributed by atoms with Gasteiger partial charge in [0.25, 0.3) is 5.91 Å². The average Bonchev–Trinajstić information content (AvgIpc) is 2.74. The van der Waals surface area contributed by atoms with Gasteiger partial charge in [-0.3, -0.25) is 14.6 Å². The summed E-state index contributed by atoms with van der Waals surface area (Å²) < 4.78 is 0. The molecule has 0 spiro atoms. The Kier molecular flexibility index (Phi) is 9.08. The number of carboxylic acids is 1. The lowest BCUT2D eigenvalue weighted by Gasteiger charge is -2.12. The SMILES string of the molecule is CCc1nc(CNCC(C)C(=O)O)ccc1C(N)=NC(=O)c1ccc(CC(C)C)c(C)c1. The summed E-state index contributed by atoms with van der Waals surface area (Å²) in [7, 11) is 0. The van der Waals surface area contributed by atoms with Crippen LogP contribution in [0.15, 0.2) is 35.3 Å². The zero-order valence-corrected chi connectivity index (χ0v) is 19.6. The molecule has 32 heavy (non-hydrogen) atoms. The van der Waals surface area contributed by atoms with Crippen molar-refractivity contribution in [2.45, 2.75) is 54.0 Å². The second kappa shape index (κ2) is 11.5. The summed E-state index contributed by atoms with van der Waals surface area (Å²) in [6, 6.07) is 9.27. The molecule has 172 valence electrons. The summed E-state index contributed by atoms with van der Waals surface area (Å²) in [4.78, 5) is 32.3. The molecule has 4 N–H and O–H groups in total. The van der Waals surface area contributed by atoms with Gasteiger partial charge in [-0.25, -0.2) is 0 Å². The van der Waals surface area contributed by atoms with Gasteiger partial charge in [0, 0.05) is 24.2 Å². The Bertz CT molecular complexity index is 999. The number of amidine groups is 1. The fourth-order valence-corrected chi connectivity index (χ4v) is 3.38. The number of amides is 1. The fourth-order valence-electron chi connectivity index (χ4n) is 3.38. The van der Waals surface area contributed by atoms with E-state index in [1.54, 1.807) is 13.0 Å². The fraction of sp³-hybridized carbons (Fsp3) is 0.440. The number of rotatable bonds is 10. The number of aliphatic carboxylic acids is 1. The molecule has 1 aromatic heterocycles. The predicted molar refractivity (Wildman–Crippen MR) is 127 cm³/mol. The molecule has 1 amide bonds. The van der Waals surface area contributed by atoms with Crippen LogP contribution < -0.4 is 11.1 Å². The van der Waals surface area contributed by atoms with E-state index in [-0.39, 0.29) is 11.7 Å². The maximum Gasteiger partial charge on any atom is 0.307 e. The van der Waals surface area contributed by atoms with Crippen molar-refractivity contribution in [2.24, 2.45) is 22.6 Å². The molecule has 0 radical (unpaired) electrons. The van der Waals surface area contributed by atoms with Crippen molar-refractivity contribution < 1.29 is 14.7 Å². The number of aryl methyl sites for hydroxylation is 2. The van der Waals surface area contributed by atoms with E-state index in [4.69, 9.17) is 10.8 Å². The van der Waals surface area contributed by atoms with Crippen LogP contribution in [0, 0.1) is 18.8 Å².